The number of unbranched alkanes of at least 4 members (excludes halogenated alkanes) is 1. The van der Waals surface area contributed by atoms with Gasteiger partial charge in [0.2, 0.25) is 0 Å². The standard InChI is InChI=1S/C18H30N2/c1-5-6-7-16-8-10-17(11-9-16)19-18-12-15(3)20(4)13-14(18)2/h8-11,14-15,18-19H,5-7,12-13H2,1-4H3. The predicted molar refractivity (Wildman–Crippen MR) is 88.3 cm³/mol. The Labute approximate surface area is 124 Å². The molecule has 1 aromatic carbocycles. The van der Waals surface area contributed by atoms with E-state index in [9.17, 15) is 0 Å². The van der Waals surface area contributed by atoms with Crippen LogP contribution in [0.1, 0.15) is 45.6 Å². The van der Waals surface area contributed by atoms with Gasteiger partial charge >= 0.3 is 0 Å². The van der Waals surface area contributed by atoms with Crippen LogP contribution in [0.4, 0.5) is 5.69 Å². The molecule has 1 aromatic rings. The molecule has 1 fully saturated rings. The molecule has 112 valence electrons. The van der Waals surface area contributed by atoms with Gasteiger partial charge in [-0.1, -0.05) is 32.4 Å². The van der Waals surface area contributed by atoms with Gasteiger partial charge in [0.1, 0.15) is 0 Å². The van der Waals surface area contributed by atoms with Crippen LogP contribution in [0.3, 0.4) is 0 Å². The molecule has 0 aliphatic carbocycles. The highest BCUT2D eigenvalue weighted by Crippen LogP contribution is 2.24. The maximum absolute atomic E-state index is 3.74. The van der Waals surface area contributed by atoms with Crippen molar-refractivity contribution in [3.63, 3.8) is 0 Å². The smallest absolute Gasteiger partial charge is 0.0342 e. The number of rotatable bonds is 5. The zero-order valence-electron chi connectivity index (χ0n) is 13.5. The lowest BCUT2D eigenvalue weighted by Gasteiger charge is -2.40. The van der Waals surface area contributed by atoms with E-state index in [-0.39, 0.29) is 0 Å². The number of hydrogen-bond acceptors (Lipinski definition) is 2. The molecule has 0 aromatic heterocycles. The minimum atomic E-state index is 0.600. The number of nitrogens with zero attached hydrogens (tertiary/aromatic N) is 1. The van der Waals surface area contributed by atoms with Crippen LogP contribution in [-0.4, -0.2) is 30.6 Å². The molecule has 0 saturated carbocycles. The van der Waals surface area contributed by atoms with Crippen molar-refractivity contribution in [1.29, 1.82) is 0 Å². The number of benzene rings is 1. The number of aryl methyl sites for hydroxylation is 1. The second-order valence-corrected chi connectivity index (χ2v) is 6.55. The van der Waals surface area contributed by atoms with E-state index in [1.807, 2.05) is 0 Å². The lowest BCUT2D eigenvalue weighted by Crippen LogP contribution is -2.48. The molecule has 2 heteroatoms. The van der Waals surface area contributed by atoms with E-state index in [0.717, 1.165) is 0 Å². The fraction of sp³-hybridized carbons (Fsp3) is 0.667. The van der Waals surface area contributed by atoms with Crippen molar-refractivity contribution in [1.82, 2.24) is 4.90 Å². The first kappa shape index (κ1) is 15.4. The molecular formula is C18H30N2. The SMILES string of the molecule is CCCCc1ccc(NC2CC(C)N(C)CC2C)cc1. The molecular weight excluding hydrogens is 244 g/mol. The van der Waals surface area contributed by atoms with Crippen molar-refractivity contribution in [3.05, 3.63) is 29.8 Å². The van der Waals surface area contributed by atoms with Crippen LogP contribution >= 0.6 is 0 Å². The Kier molecular flexibility index (Phi) is 5.47. The van der Waals surface area contributed by atoms with Crippen LogP contribution in [0.25, 0.3) is 0 Å². The summed E-state index contributed by atoms with van der Waals surface area (Å²) in [5.41, 5.74) is 2.74. The van der Waals surface area contributed by atoms with Gasteiger partial charge in [-0.2, -0.15) is 0 Å². The van der Waals surface area contributed by atoms with Gasteiger partial charge in [0, 0.05) is 24.3 Å². The summed E-state index contributed by atoms with van der Waals surface area (Å²) in [6, 6.07) is 10.3. The number of anilines is 1. The minimum absolute atomic E-state index is 0.600. The van der Waals surface area contributed by atoms with E-state index in [1.165, 1.54) is 43.5 Å². The van der Waals surface area contributed by atoms with Crippen molar-refractivity contribution in [2.24, 2.45) is 5.92 Å². The highest BCUT2D eigenvalue weighted by molar-refractivity contribution is 5.45. The summed E-state index contributed by atoms with van der Waals surface area (Å²) >= 11 is 0. The topological polar surface area (TPSA) is 15.3 Å². The first-order valence-corrected chi connectivity index (χ1v) is 8.16. The van der Waals surface area contributed by atoms with Crippen LogP contribution in [0, 0.1) is 5.92 Å². The van der Waals surface area contributed by atoms with E-state index in [1.54, 1.807) is 0 Å². The summed E-state index contributed by atoms with van der Waals surface area (Å²) in [6.45, 7) is 8.12. The van der Waals surface area contributed by atoms with E-state index in [4.69, 9.17) is 0 Å². The minimum Gasteiger partial charge on any atom is -0.382 e. The molecule has 0 bridgehead atoms. The Hall–Kier alpha value is -1.02. The second kappa shape index (κ2) is 7.12. The Morgan fingerprint density at radius 2 is 1.90 bits per heavy atom. The Morgan fingerprint density at radius 3 is 2.55 bits per heavy atom. The molecule has 1 N–H and O–H groups in total. The number of piperidine rings is 1. The zero-order valence-corrected chi connectivity index (χ0v) is 13.5. The maximum Gasteiger partial charge on any atom is 0.0342 e. The van der Waals surface area contributed by atoms with E-state index >= 15 is 0 Å². The van der Waals surface area contributed by atoms with E-state index in [0.29, 0.717) is 18.0 Å². The summed E-state index contributed by atoms with van der Waals surface area (Å²) in [7, 11) is 2.24. The Balaban J connectivity index is 1.92. The number of likely N-dealkylation sites (tertiary alicyclic amines) is 1. The van der Waals surface area contributed by atoms with Crippen LogP contribution in [-0.2, 0) is 6.42 Å². The van der Waals surface area contributed by atoms with Crippen LogP contribution in [0.5, 0.6) is 0 Å². The normalized spacial score (nSPS) is 27.5. The van der Waals surface area contributed by atoms with Gasteiger partial charge in [0.05, 0.1) is 0 Å². The zero-order chi connectivity index (χ0) is 14.5. The van der Waals surface area contributed by atoms with Gasteiger partial charge in [0.25, 0.3) is 0 Å². The summed E-state index contributed by atoms with van der Waals surface area (Å²) in [5.74, 6) is 0.705. The van der Waals surface area contributed by atoms with Gasteiger partial charge in [0.15, 0.2) is 0 Å². The molecule has 20 heavy (non-hydrogen) atoms. The average Bonchev–Trinajstić information content (AvgIpc) is 2.44. The van der Waals surface area contributed by atoms with Gasteiger partial charge < -0.3 is 10.2 Å². The summed E-state index contributed by atoms with van der Waals surface area (Å²) < 4.78 is 0. The third-order valence-electron chi connectivity index (χ3n) is 4.74. The van der Waals surface area contributed by atoms with Crippen molar-refractivity contribution in [2.45, 2.75) is 58.5 Å². The molecule has 0 radical (unpaired) electrons. The number of hydrogen-bond donors (Lipinski definition) is 1. The largest absolute Gasteiger partial charge is 0.382 e. The highest BCUT2D eigenvalue weighted by atomic mass is 15.2. The van der Waals surface area contributed by atoms with Crippen molar-refractivity contribution in [3.8, 4) is 0 Å². The van der Waals surface area contributed by atoms with Crippen molar-refractivity contribution < 1.29 is 0 Å². The highest BCUT2D eigenvalue weighted by Gasteiger charge is 2.28. The fourth-order valence-corrected chi connectivity index (χ4v) is 3.10. The molecule has 1 aliphatic rings. The Morgan fingerprint density at radius 1 is 1.20 bits per heavy atom. The lowest BCUT2D eigenvalue weighted by atomic mass is 9.89. The summed E-state index contributed by atoms with van der Waals surface area (Å²) in [6.07, 6.45) is 5.00. The molecule has 0 amide bonds. The average molecular weight is 274 g/mol. The molecule has 1 saturated heterocycles. The van der Waals surface area contributed by atoms with Gasteiger partial charge in [-0.05, 0) is 56.8 Å². The van der Waals surface area contributed by atoms with Gasteiger partial charge in [-0.25, -0.2) is 0 Å². The molecule has 2 nitrogen and oxygen atoms in total. The molecule has 1 aliphatic heterocycles. The van der Waals surface area contributed by atoms with Crippen LogP contribution in [0.15, 0.2) is 24.3 Å². The molecule has 3 unspecified atom stereocenters. The lowest BCUT2D eigenvalue weighted by molar-refractivity contribution is 0.145. The van der Waals surface area contributed by atoms with Crippen LogP contribution < -0.4 is 5.32 Å². The van der Waals surface area contributed by atoms with E-state index < -0.39 is 0 Å². The van der Waals surface area contributed by atoms with Gasteiger partial charge in [-0.3, -0.25) is 0 Å². The second-order valence-electron chi connectivity index (χ2n) is 6.55. The monoisotopic (exact) mass is 274 g/mol. The first-order chi connectivity index (χ1) is 9.60. The van der Waals surface area contributed by atoms with Crippen molar-refractivity contribution >= 4 is 5.69 Å². The third-order valence-corrected chi connectivity index (χ3v) is 4.74. The maximum atomic E-state index is 3.74. The first-order valence-electron chi connectivity index (χ1n) is 8.16. The predicted octanol–water partition coefficient (Wildman–Crippen LogP) is 4.17. The summed E-state index contributed by atoms with van der Waals surface area (Å²) in [4.78, 5) is 2.47. The van der Waals surface area contributed by atoms with Crippen LogP contribution in [0.2, 0.25) is 0 Å². The molecule has 1 heterocycles. The number of nitrogens with one attached hydrogen (secondary N) is 1. The molecule has 0 spiro atoms. The fourth-order valence-electron chi connectivity index (χ4n) is 3.10. The molecule has 3 atom stereocenters. The molecule has 2 rings (SSSR count). The quantitative estimate of drug-likeness (QED) is 0.867. The van der Waals surface area contributed by atoms with Crippen molar-refractivity contribution in [2.75, 3.05) is 18.9 Å². The Bertz CT molecular complexity index is 398. The van der Waals surface area contributed by atoms with Gasteiger partial charge in [-0.15, -0.1) is 0 Å². The third kappa shape index (κ3) is 3.99. The summed E-state index contributed by atoms with van der Waals surface area (Å²) in [5, 5.41) is 3.74. The van der Waals surface area contributed by atoms with E-state index in [2.05, 4.69) is 62.3 Å².